The lowest BCUT2D eigenvalue weighted by Gasteiger charge is -2.47. The average molecular weight is 232 g/mol. The van der Waals surface area contributed by atoms with E-state index < -0.39 is 0 Å². The van der Waals surface area contributed by atoms with E-state index in [1.54, 1.807) is 7.11 Å². The van der Waals surface area contributed by atoms with Crippen LogP contribution in [-0.4, -0.2) is 67.4 Å². The molecule has 1 aliphatic heterocycles. The fourth-order valence-electron chi connectivity index (χ4n) is 1.87. The maximum Gasteiger partial charge on any atom is 0.0590 e. The zero-order valence-corrected chi connectivity index (χ0v) is 11.2. The van der Waals surface area contributed by atoms with E-state index in [0.29, 0.717) is 6.04 Å². The Balaban J connectivity index is 2.26. The minimum absolute atomic E-state index is 0.694. The van der Waals surface area contributed by atoms with Crippen molar-refractivity contribution in [1.29, 1.82) is 0 Å². The van der Waals surface area contributed by atoms with E-state index >= 15 is 0 Å². The highest BCUT2D eigenvalue weighted by Crippen LogP contribution is 2.18. The molecule has 0 spiro atoms. The molecule has 0 aromatic heterocycles. The smallest absolute Gasteiger partial charge is 0.0590 e. The fraction of sp³-hybridized carbons (Fsp3) is 1.00. The van der Waals surface area contributed by atoms with Gasteiger partial charge < -0.3 is 4.74 Å². The lowest BCUT2D eigenvalue weighted by Crippen LogP contribution is -2.61. The zero-order valence-electron chi connectivity index (χ0n) is 10.4. The van der Waals surface area contributed by atoms with Crippen LogP contribution in [0, 0.1) is 0 Å². The molecular weight excluding hydrogens is 208 g/mol. The molecule has 0 aromatic rings. The third kappa shape index (κ3) is 3.94. The van der Waals surface area contributed by atoms with Gasteiger partial charge in [0.25, 0.3) is 0 Å². The van der Waals surface area contributed by atoms with E-state index in [1.807, 2.05) is 11.8 Å². The molecular formula is C11H24N2OS. The Morgan fingerprint density at radius 2 is 2.13 bits per heavy atom. The third-order valence-electron chi connectivity index (χ3n) is 3.01. The normalized spacial score (nSPS) is 18.8. The van der Waals surface area contributed by atoms with Gasteiger partial charge in [0.15, 0.2) is 0 Å². The van der Waals surface area contributed by atoms with Crippen LogP contribution in [0.15, 0.2) is 0 Å². The maximum absolute atomic E-state index is 5.15. The Bertz CT molecular complexity index is 172. The van der Waals surface area contributed by atoms with Crippen LogP contribution in [0.4, 0.5) is 0 Å². The largest absolute Gasteiger partial charge is 0.383 e. The van der Waals surface area contributed by atoms with Gasteiger partial charge in [-0.25, -0.2) is 0 Å². The first-order valence-corrected chi connectivity index (χ1v) is 7.04. The number of nitrogens with zero attached hydrogens (tertiary/aromatic N) is 2. The first-order valence-electron chi connectivity index (χ1n) is 5.65. The Hall–Kier alpha value is 0.230. The van der Waals surface area contributed by atoms with E-state index in [9.17, 15) is 0 Å². The summed E-state index contributed by atoms with van der Waals surface area (Å²) in [4.78, 5) is 5.05. The topological polar surface area (TPSA) is 15.7 Å². The molecule has 1 aliphatic rings. The summed E-state index contributed by atoms with van der Waals surface area (Å²) in [6.07, 6.45) is 2.17. The minimum Gasteiger partial charge on any atom is -0.383 e. The Kier molecular flexibility index (Phi) is 5.97. The Morgan fingerprint density at radius 1 is 1.47 bits per heavy atom. The van der Waals surface area contributed by atoms with Crippen LogP contribution < -0.4 is 0 Å². The second-order valence-corrected chi connectivity index (χ2v) is 5.26. The summed E-state index contributed by atoms with van der Waals surface area (Å²) in [6, 6.07) is 1.44. The highest BCUT2D eigenvalue weighted by molar-refractivity contribution is 7.98. The molecule has 0 unspecified atom stereocenters. The summed E-state index contributed by atoms with van der Waals surface area (Å²) in [5, 5.41) is 0. The van der Waals surface area contributed by atoms with Crippen LogP contribution in [0.2, 0.25) is 0 Å². The summed E-state index contributed by atoms with van der Waals surface area (Å²) in [7, 11) is 1.78. The molecule has 15 heavy (non-hydrogen) atoms. The molecule has 0 N–H and O–H groups in total. The molecule has 0 atom stereocenters. The number of rotatable bonds is 7. The summed E-state index contributed by atoms with van der Waals surface area (Å²) in [6.45, 7) is 8.89. The van der Waals surface area contributed by atoms with Gasteiger partial charge in [-0.05, 0) is 20.1 Å². The van der Waals surface area contributed by atoms with E-state index in [1.165, 1.54) is 13.1 Å². The predicted molar refractivity (Wildman–Crippen MR) is 67.5 cm³/mol. The van der Waals surface area contributed by atoms with Crippen LogP contribution in [0.3, 0.4) is 0 Å². The van der Waals surface area contributed by atoms with Crippen molar-refractivity contribution in [2.75, 3.05) is 45.5 Å². The van der Waals surface area contributed by atoms with E-state index in [0.717, 1.165) is 25.1 Å². The predicted octanol–water partition coefficient (Wildman–Crippen LogP) is 1.35. The van der Waals surface area contributed by atoms with Crippen LogP contribution >= 0.6 is 11.8 Å². The van der Waals surface area contributed by atoms with Crippen molar-refractivity contribution in [1.82, 2.24) is 9.80 Å². The van der Waals surface area contributed by atoms with Gasteiger partial charge in [-0.1, -0.05) is 0 Å². The number of likely N-dealkylation sites (tertiary alicyclic amines) is 1. The van der Waals surface area contributed by atoms with Crippen LogP contribution in [0.1, 0.15) is 13.8 Å². The summed E-state index contributed by atoms with van der Waals surface area (Å²) in [5.74, 6) is 1.12. The molecule has 0 aromatic carbocycles. The van der Waals surface area contributed by atoms with Gasteiger partial charge in [0.1, 0.15) is 0 Å². The van der Waals surface area contributed by atoms with Gasteiger partial charge in [0, 0.05) is 44.7 Å². The van der Waals surface area contributed by atoms with Gasteiger partial charge in [-0.3, -0.25) is 9.80 Å². The van der Waals surface area contributed by atoms with E-state index in [4.69, 9.17) is 4.74 Å². The molecule has 3 nitrogen and oxygen atoms in total. The minimum atomic E-state index is 0.694. The number of thioether (sulfide) groups is 1. The molecule has 0 amide bonds. The lowest BCUT2D eigenvalue weighted by molar-refractivity contribution is 0.0133. The summed E-state index contributed by atoms with van der Waals surface area (Å²) < 4.78 is 5.15. The van der Waals surface area contributed by atoms with Crippen molar-refractivity contribution in [2.45, 2.75) is 25.9 Å². The standard InChI is InChI=1S/C11H24N2OS/c1-10(2)13-7-11(8-13)12(9-15-4)5-6-14-3/h10-11H,5-9H2,1-4H3. The number of hydrogen-bond donors (Lipinski definition) is 0. The van der Waals surface area contributed by atoms with Gasteiger partial charge in [-0.2, -0.15) is 0 Å². The van der Waals surface area contributed by atoms with Gasteiger partial charge in [-0.15, -0.1) is 11.8 Å². The molecule has 1 fully saturated rings. The van der Waals surface area contributed by atoms with Crippen molar-refractivity contribution < 1.29 is 4.74 Å². The van der Waals surface area contributed by atoms with Crippen molar-refractivity contribution in [2.24, 2.45) is 0 Å². The molecule has 0 aliphatic carbocycles. The second kappa shape index (κ2) is 6.74. The van der Waals surface area contributed by atoms with Gasteiger partial charge in [0.2, 0.25) is 0 Å². The van der Waals surface area contributed by atoms with Gasteiger partial charge >= 0.3 is 0 Å². The molecule has 4 heteroatoms. The third-order valence-corrected chi connectivity index (χ3v) is 3.60. The molecule has 1 rings (SSSR count). The van der Waals surface area contributed by atoms with E-state index in [-0.39, 0.29) is 0 Å². The monoisotopic (exact) mass is 232 g/mol. The molecule has 0 saturated carbocycles. The molecule has 1 heterocycles. The summed E-state index contributed by atoms with van der Waals surface area (Å²) in [5.41, 5.74) is 0. The molecule has 90 valence electrons. The second-order valence-electron chi connectivity index (χ2n) is 4.42. The first kappa shape index (κ1) is 13.3. The quantitative estimate of drug-likeness (QED) is 0.615. The fourth-order valence-corrected chi connectivity index (χ4v) is 2.54. The van der Waals surface area contributed by atoms with Crippen molar-refractivity contribution in [3.05, 3.63) is 0 Å². The SMILES string of the molecule is COCCN(CSC)C1CN(C(C)C)C1. The van der Waals surface area contributed by atoms with Gasteiger partial charge in [0.05, 0.1) is 6.61 Å². The van der Waals surface area contributed by atoms with Crippen LogP contribution in [-0.2, 0) is 4.74 Å². The van der Waals surface area contributed by atoms with Crippen LogP contribution in [0.5, 0.6) is 0 Å². The molecule has 0 radical (unpaired) electrons. The lowest BCUT2D eigenvalue weighted by atomic mass is 10.1. The highest BCUT2D eigenvalue weighted by atomic mass is 32.2. The zero-order chi connectivity index (χ0) is 11.3. The molecule has 0 bridgehead atoms. The van der Waals surface area contributed by atoms with E-state index in [2.05, 4.69) is 29.9 Å². The van der Waals surface area contributed by atoms with Crippen molar-refractivity contribution >= 4 is 11.8 Å². The average Bonchev–Trinajstić information content (AvgIpc) is 2.11. The summed E-state index contributed by atoms with van der Waals surface area (Å²) >= 11 is 1.90. The first-order chi connectivity index (χ1) is 7.19. The number of ether oxygens (including phenoxy) is 1. The number of methoxy groups -OCH3 is 1. The Morgan fingerprint density at radius 3 is 2.60 bits per heavy atom. The maximum atomic E-state index is 5.15. The highest BCUT2D eigenvalue weighted by Gasteiger charge is 2.32. The van der Waals surface area contributed by atoms with Crippen molar-refractivity contribution in [3.8, 4) is 0 Å². The van der Waals surface area contributed by atoms with Crippen molar-refractivity contribution in [3.63, 3.8) is 0 Å². The molecule has 1 saturated heterocycles. The number of hydrogen-bond acceptors (Lipinski definition) is 4. The Labute approximate surface area is 98.1 Å². The van der Waals surface area contributed by atoms with Crippen LogP contribution in [0.25, 0.3) is 0 Å².